The number of hydrogen-bond donors (Lipinski definition) is 2. The molecule has 4 rings (SSSR count). The SMILES string of the molecule is CN=C(NCc1cccc2ccccc12)NCc1ccnc2ccccc12.I. The minimum Gasteiger partial charge on any atom is -0.352 e. The maximum absolute atomic E-state index is 4.42. The summed E-state index contributed by atoms with van der Waals surface area (Å²) in [6.07, 6.45) is 1.85. The molecule has 0 atom stereocenters. The number of halogens is 1. The number of nitrogens with zero attached hydrogens (tertiary/aromatic N) is 2. The highest BCUT2D eigenvalue weighted by molar-refractivity contribution is 14.0. The van der Waals surface area contributed by atoms with E-state index in [1.807, 2.05) is 30.5 Å². The smallest absolute Gasteiger partial charge is 0.191 e. The monoisotopic (exact) mass is 482 g/mol. The summed E-state index contributed by atoms with van der Waals surface area (Å²) < 4.78 is 0. The lowest BCUT2D eigenvalue weighted by atomic mass is 10.0. The minimum atomic E-state index is 0. The molecule has 0 unspecified atom stereocenters. The van der Waals surface area contributed by atoms with Gasteiger partial charge in [0, 0.05) is 31.7 Å². The van der Waals surface area contributed by atoms with Crippen molar-refractivity contribution in [1.82, 2.24) is 15.6 Å². The van der Waals surface area contributed by atoms with Crippen molar-refractivity contribution < 1.29 is 0 Å². The van der Waals surface area contributed by atoms with Crippen LogP contribution in [0.3, 0.4) is 0 Å². The summed E-state index contributed by atoms with van der Waals surface area (Å²) in [6, 6.07) is 25.1. The number of nitrogens with one attached hydrogen (secondary N) is 2. The van der Waals surface area contributed by atoms with E-state index in [2.05, 4.69) is 69.1 Å². The van der Waals surface area contributed by atoms with Gasteiger partial charge in [-0.3, -0.25) is 9.98 Å². The van der Waals surface area contributed by atoms with Crippen LogP contribution in [0, 0.1) is 0 Å². The van der Waals surface area contributed by atoms with Gasteiger partial charge in [-0.25, -0.2) is 0 Å². The van der Waals surface area contributed by atoms with E-state index >= 15 is 0 Å². The quantitative estimate of drug-likeness (QED) is 0.248. The molecule has 3 aromatic carbocycles. The Morgan fingerprint density at radius 1 is 0.786 bits per heavy atom. The van der Waals surface area contributed by atoms with Gasteiger partial charge in [0.1, 0.15) is 0 Å². The molecule has 0 aliphatic rings. The van der Waals surface area contributed by atoms with Crippen LogP contribution in [0.4, 0.5) is 0 Å². The predicted molar refractivity (Wildman–Crippen MR) is 128 cm³/mol. The third kappa shape index (κ3) is 4.42. The summed E-state index contributed by atoms with van der Waals surface area (Å²) in [7, 11) is 1.79. The average Bonchev–Trinajstić information content (AvgIpc) is 2.74. The molecule has 0 radical (unpaired) electrons. The fourth-order valence-corrected chi connectivity index (χ4v) is 3.33. The van der Waals surface area contributed by atoms with Crippen molar-refractivity contribution in [2.45, 2.75) is 13.1 Å². The molecule has 1 aromatic heterocycles. The largest absolute Gasteiger partial charge is 0.352 e. The fourth-order valence-electron chi connectivity index (χ4n) is 3.33. The molecule has 2 N–H and O–H groups in total. The van der Waals surface area contributed by atoms with E-state index in [1.54, 1.807) is 7.05 Å². The number of fused-ring (bicyclic) bond motifs is 2. The first-order valence-electron chi connectivity index (χ1n) is 9.09. The van der Waals surface area contributed by atoms with E-state index in [-0.39, 0.29) is 24.0 Å². The normalized spacial score (nSPS) is 11.2. The van der Waals surface area contributed by atoms with E-state index in [0.717, 1.165) is 23.4 Å². The number of aliphatic imine (C=N–C) groups is 1. The van der Waals surface area contributed by atoms with Crippen LogP contribution in [0.5, 0.6) is 0 Å². The highest BCUT2D eigenvalue weighted by atomic mass is 127. The lowest BCUT2D eigenvalue weighted by molar-refractivity contribution is 0.814. The molecule has 0 amide bonds. The van der Waals surface area contributed by atoms with Gasteiger partial charge in [-0.1, -0.05) is 60.7 Å². The molecule has 0 aliphatic carbocycles. The van der Waals surface area contributed by atoms with Gasteiger partial charge in [0.05, 0.1) is 5.52 Å². The van der Waals surface area contributed by atoms with Crippen molar-refractivity contribution in [3.63, 3.8) is 0 Å². The van der Waals surface area contributed by atoms with E-state index < -0.39 is 0 Å². The third-order valence-electron chi connectivity index (χ3n) is 4.74. The maximum atomic E-state index is 4.42. The second-order valence-corrected chi connectivity index (χ2v) is 6.40. The predicted octanol–water partition coefficient (Wildman–Crippen LogP) is 4.87. The Kier molecular flexibility index (Phi) is 6.81. The van der Waals surface area contributed by atoms with E-state index in [0.29, 0.717) is 6.54 Å². The average molecular weight is 482 g/mol. The van der Waals surface area contributed by atoms with Crippen LogP contribution in [0.25, 0.3) is 21.7 Å². The van der Waals surface area contributed by atoms with E-state index in [1.165, 1.54) is 21.9 Å². The molecule has 1 heterocycles. The molecule has 4 nitrogen and oxygen atoms in total. The first-order valence-corrected chi connectivity index (χ1v) is 9.09. The molecule has 0 saturated carbocycles. The summed E-state index contributed by atoms with van der Waals surface area (Å²) in [6.45, 7) is 1.41. The third-order valence-corrected chi connectivity index (χ3v) is 4.74. The Bertz CT molecular complexity index is 1010. The highest BCUT2D eigenvalue weighted by Gasteiger charge is 2.05. The standard InChI is InChI=1S/C23H22N4.HI/c1-24-23(26-15-18-9-6-8-17-7-2-3-10-20(17)18)27-16-19-13-14-25-22-12-5-4-11-21(19)22;/h2-14H,15-16H2,1H3,(H2,24,26,27);1H. The number of hydrogen-bond acceptors (Lipinski definition) is 2. The van der Waals surface area contributed by atoms with Gasteiger partial charge in [0.25, 0.3) is 0 Å². The molecule has 0 aliphatic heterocycles. The van der Waals surface area contributed by atoms with Crippen molar-refractivity contribution in [2.24, 2.45) is 4.99 Å². The molecule has 28 heavy (non-hydrogen) atoms. The molecule has 5 heteroatoms. The second kappa shape index (κ2) is 9.50. The van der Waals surface area contributed by atoms with Gasteiger partial charge in [0.2, 0.25) is 0 Å². The van der Waals surface area contributed by atoms with Crippen LogP contribution in [0.2, 0.25) is 0 Å². The summed E-state index contributed by atoms with van der Waals surface area (Å²) in [5.41, 5.74) is 3.47. The number of para-hydroxylation sites is 1. The van der Waals surface area contributed by atoms with Crippen molar-refractivity contribution in [1.29, 1.82) is 0 Å². The van der Waals surface area contributed by atoms with Crippen LogP contribution in [0.15, 0.2) is 84.0 Å². The topological polar surface area (TPSA) is 49.3 Å². The van der Waals surface area contributed by atoms with Crippen molar-refractivity contribution in [3.05, 3.63) is 90.1 Å². The summed E-state index contributed by atoms with van der Waals surface area (Å²) in [5.74, 6) is 0.781. The first-order chi connectivity index (χ1) is 13.3. The molecule has 142 valence electrons. The van der Waals surface area contributed by atoms with Crippen molar-refractivity contribution in [3.8, 4) is 0 Å². The molecule has 0 fully saturated rings. The number of rotatable bonds is 4. The lowest BCUT2D eigenvalue weighted by Crippen LogP contribution is -2.36. The Hall–Kier alpha value is -2.67. The van der Waals surface area contributed by atoms with Crippen molar-refractivity contribution >= 4 is 51.6 Å². The Morgan fingerprint density at radius 2 is 1.43 bits per heavy atom. The number of guanidine groups is 1. The van der Waals surface area contributed by atoms with E-state index in [9.17, 15) is 0 Å². The van der Waals surface area contributed by atoms with Crippen LogP contribution in [-0.4, -0.2) is 18.0 Å². The molecule has 0 spiro atoms. The maximum Gasteiger partial charge on any atom is 0.191 e. The number of pyridine rings is 1. The first kappa shape index (κ1) is 20.1. The van der Waals surface area contributed by atoms with E-state index in [4.69, 9.17) is 0 Å². The molecular formula is C23H23IN4. The van der Waals surface area contributed by atoms with Crippen molar-refractivity contribution in [2.75, 3.05) is 7.05 Å². The summed E-state index contributed by atoms with van der Waals surface area (Å²) in [5, 5.41) is 10.5. The van der Waals surface area contributed by atoms with Crippen LogP contribution in [-0.2, 0) is 13.1 Å². The fraction of sp³-hybridized carbons (Fsp3) is 0.130. The number of benzene rings is 3. The second-order valence-electron chi connectivity index (χ2n) is 6.40. The van der Waals surface area contributed by atoms with Crippen LogP contribution < -0.4 is 10.6 Å². The lowest BCUT2D eigenvalue weighted by Gasteiger charge is -2.14. The van der Waals surface area contributed by atoms with Crippen LogP contribution in [0.1, 0.15) is 11.1 Å². The Balaban J connectivity index is 0.00000225. The van der Waals surface area contributed by atoms with Crippen LogP contribution >= 0.6 is 24.0 Å². The molecule has 4 aromatic rings. The van der Waals surface area contributed by atoms with Gasteiger partial charge in [-0.2, -0.15) is 0 Å². The van der Waals surface area contributed by atoms with Gasteiger partial charge < -0.3 is 10.6 Å². The zero-order valence-corrected chi connectivity index (χ0v) is 18.1. The summed E-state index contributed by atoms with van der Waals surface area (Å²) in [4.78, 5) is 8.78. The van der Waals surface area contributed by atoms with Gasteiger partial charge in [-0.15, -0.1) is 24.0 Å². The van der Waals surface area contributed by atoms with Gasteiger partial charge in [-0.05, 0) is 34.0 Å². The Morgan fingerprint density at radius 3 is 2.21 bits per heavy atom. The minimum absolute atomic E-state index is 0. The Labute approximate surface area is 182 Å². The van der Waals surface area contributed by atoms with Gasteiger partial charge in [0.15, 0.2) is 5.96 Å². The van der Waals surface area contributed by atoms with Gasteiger partial charge >= 0.3 is 0 Å². The molecule has 0 bridgehead atoms. The zero-order valence-electron chi connectivity index (χ0n) is 15.7. The number of aromatic nitrogens is 1. The molecule has 0 saturated heterocycles. The zero-order chi connectivity index (χ0) is 18.5. The summed E-state index contributed by atoms with van der Waals surface area (Å²) >= 11 is 0. The highest BCUT2D eigenvalue weighted by Crippen LogP contribution is 2.18. The molecular weight excluding hydrogens is 459 g/mol.